The summed E-state index contributed by atoms with van der Waals surface area (Å²) in [5.74, 6) is -6.63. The molecule has 15 heteroatoms. The van der Waals surface area contributed by atoms with Crippen LogP contribution in [-0.4, -0.2) is 48.7 Å². The summed E-state index contributed by atoms with van der Waals surface area (Å²) >= 11 is 0. The van der Waals surface area contributed by atoms with E-state index in [0.29, 0.717) is 12.2 Å². The molecule has 2 aromatic heterocycles. The molecule has 9 nitrogen and oxygen atoms in total. The fourth-order valence-electron chi connectivity index (χ4n) is 4.86. The molecule has 1 unspecified atom stereocenters. The van der Waals surface area contributed by atoms with Crippen LogP contribution in [0.1, 0.15) is 28.4 Å². The Bertz CT molecular complexity index is 1760. The van der Waals surface area contributed by atoms with Crippen molar-refractivity contribution in [2.45, 2.75) is 30.8 Å². The molecule has 4 aromatic rings. The predicted octanol–water partition coefficient (Wildman–Crippen LogP) is 4.69. The standard InChI is InChI=1S/C28H25F5N6O3S/c1-14-10-18(26(43(34,40)41)22-19(30)5-2-6-20(22)31)23(32)24(33)25(14)42-27-17(4-3-8-36-27)21-7-9-37-28(39-21)38-16-11-15(29)12-35-13-16/h2-10,15-16,26,35H,11-13H2,1H3,(H2,34,40,41)(H,37,38,39)/t15-,16-,26?/m0/s1. The zero-order valence-electron chi connectivity index (χ0n) is 22.5. The molecule has 0 spiro atoms. The normalized spacial score (nSPS) is 17.8. The third-order valence-corrected chi connectivity index (χ3v) is 7.93. The molecule has 226 valence electrons. The average molecular weight is 621 g/mol. The lowest BCUT2D eigenvalue weighted by Crippen LogP contribution is -2.44. The summed E-state index contributed by atoms with van der Waals surface area (Å²) < 4.78 is 104. The summed E-state index contributed by atoms with van der Waals surface area (Å²) in [7, 11) is -4.89. The van der Waals surface area contributed by atoms with Crippen LogP contribution in [0.5, 0.6) is 11.6 Å². The van der Waals surface area contributed by atoms with E-state index in [2.05, 4.69) is 25.6 Å². The number of nitrogens with zero attached hydrogens (tertiary/aromatic N) is 3. The third-order valence-electron chi connectivity index (χ3n) is 6.78. The van der Waals surface area contributed by atoms with Gasteiger partial charge in [-0.1, -0.05) is 6.07 Å². The molecular formula is C28H25F5N6O3S. The second kappa shape index (κ2) is 12.2. The van der Waals surface area contributed by atoms with Crippen molar-refractivity contribution in [3.63, 3.8) is 0 Å². The molecule has 0 amide bonds. The quantitative estimate of drug-likeness (QED) is 0.242. The van der Waals surface area contributed by atoms with Gasteiger partial charge in [0, 0.05) is 49.1 Å². The summed E-state index contributed by atoms with van der Waals surface area (Å²) in [4.78, 5) is 12.7. The fourth-order valence-corrected chi connectivity index (χ4v) is 5.94. The van der Waals surface area contributed by atoms with Gasteiger partial charge in [-0.2, -0.15) is 4.39 Å². The largest absolute Gasteiger partial charge is 0.435 e. The Labute approximate surface area is 243 Å². The number of sulfonamides is 1. The molecule has 4 N–H and O–H groups in total. The molecule has 43 heavy (non-hydrogen) atoms. The summed E-state index contributed by atoms with van der Waals surface area (Å²) in [5.41, 5.74) is -1.53. The van der Waals surface area contributed by atoms with Gasteiger partial charge in [0.25, 0.3) is 0 Å². The molecule has 2 aromatic carbocycles. The van der Waals surface area contributed by atoms with Gasteiger partial charge in [0.2, 0.25) is 27.7 Å². The highest BCUT2D eigenvalue weighted by molar-refractivity contribution is 7.89. The first-order valence-corrected chi connectivity index (χ1v) is 14.6. The molecule has 3 atom stereocenters. The lowest BCUT2D eigenvalue weighted by atomic mass is 10.00. The number of halogens is 5. The van der Waals surface area contributed by atoms with Crippen LogP contribution in [0.2, 0.25) is 0 Å². The van der Waals surface area contributed by atoms with E-state index in [1.54, 1.807) is 12.1 Å². The second-order valence-electron chi connectivity index (χ2n) is 9.90. The molecule has 0 bridgehead atoms. The van der Waals surface area contributed by atoms with Crippen molar-refractivity contribution >= 4 is 16.0 Å². The van der Waals surface area contributed by atoms with Crippen molar-refractivity contribution in [1.29, 1.82) is 0 Å². The van der Waals surface area contributed by atoms with E-state index < -0.39 is 61.6 Å². The SMILES string of the molecule is Cc1cc(C(c2c(F)cccc2F)S(N)(=O)=O)c(F)c(F)c1Oc1ncccc1-c1ccnc(N[C@@H]2CNC[C@@H](F)C2)n1. The molecule has 5 rings (SSSR count). The van der Waals surface area contributed by atoms with Crippen molar-refractivity contribution in [2.24, 2.45) is 5.14 Å². The minimum absolute atomic E-state index is 0.119. The Morgan fingerprint density at radius 1 is 1.02 bits per heavy atom. The van der Waals surface area contributed by atoms with Gasteiger partial charge >= 0.3 is 0 Å². The highest BCUT2D eigenvalue weighted by Gasteiger charge is 2.36. The van der Waals surface area contributed by atoms with Crippen LogP contribution in [0.15, 0.2) is 54.9 Å². The number of benzene rings is 2. The number of hydrogen-bond donors (Lipinski definition) is 3. The number of alkyl halides is 1. The lowest BCUT2D eigenvalue weighted by Gasteiger charge is -2.26. The Morgan fingerprint density at radius 2 is 1.77 bits per heavy atom. The third kappa shape index (κ3) is 6.43. The van der Waals surface area contributed by atoms with Gasteiger partial charge in [-0.05, 0) is 48.9 Å². The molecule has 1 aliphatic rings. The zero-order chi connectivity index (χ0) is 30.9. The topological polar surface area (TPSA) is 132 Å². The number of piperidine rings is 1. The van der Waals surface area contributed by atoms with Crippen LogP contribution >= 0.6 is 0 Å². The Kier molecular flexibility index (Phi) is 8.57. The van der Waals surface area contributed by atoms with Gasteiger partial charge in [-0.15, -0.1) is 0 Å². The summed E-state index contributed by atoms with van der Waals surface area (Å²) in [6.07, 6.45) is 2.02. The van der Waals surface area contributed by atoms with Crippen LogP contribution < -0.4 is 20.5 Å². The number of nitrogens with one attached hydrogen (secondary N) is 2. The van der Waals surface area contributed by atoms with Gasteiger partial charge in [-0.25, -0.2) is 46.1 Å². The maximum Gasteiger partial charge on any atom is 0.228 e. The summed E-state index contributed by atoms with van der Waals surface area (Å²) in [6.45, 7) is 2.05. The van der Waals surface area contributed by atoms with Crippen LogP contribution in [0, 0.1) is 30.2 Å². The monoisotopic (exact) mass is 620 g/mol. The molecular weight excluding hydrogens is 595 g/mol. The number of rotatable bonds is 8. The molecule has 0 radical (unpaired) electrons. The number of ether oxygens (including phenoxy) is 1. The smallest absolute Gasteiger partial charge is 0.228 e. The molecule has 1 aliphatic heterocycles. The van der Waals surface area contributed by atoms with Gasteiger partial charge in [-0.3, -0.25) is 0 Å². The van der Waals surface area contributed by atoms with E-state index in [0.717, 1.165) is 24.3 Å². The summed E-state index contributed by atoms with van der Waals surface area (Å²) in [5, 5.41) is 8.88. The average Bonchev–Trinajstić information content (AvgIpc) is 2.95. The first kappa shape index (κ1) is 30.3. The predicted molar refractivity (Wildman–Crippen MR) is 148 cm³/mol. The number of pyridine rings is 1. The van der Waals surface area contributed by atoms with Gasteiger partial charge < -0.3 is 15.4 Å². The van der Waals surface area contributed by atoms with Crippen LogP contribution in [0.25, 0.3) is 11.3 Å². The number of hydrogen-bond acceptors (Lipinski definition) is 8. The first-order chi connectivity index (χ1) is 20.4. The van der Waals surface area contributed by atoms with E-state index >= 15 is 8.78 Å². The molecule has 0 saturated carbocycles. The minimum Gasteiger partial charge on any atom is -0.435 e. The summed E-state index contributed by atoms with van der Waals surface area (Å²) in [6, 6.07) is 7.80. The minimum atomic E-state index is -4.89. The van der Waals surface area contributed by atoms with E-state index in [4.69, 9.17) is 9.88 Å². The van der Waals surface area contributed by atoms with Crippen LogP contribution in [-0.2, 0) is 10.0 Å². The molecule has 0 aliphatic carbocycles. The second-order valence-corrected chi connectivity index (χ2v) is 11.5. The van der Waals surface area contributed by atoms with Crippen molar-refractivity contribution in [3.8, 4) is 22.9 Å². The Morgan fingerprint density at radius 3 is 2.47 bits per heavy atom. The molecule has 1 saturated heterocycles. The van der Waals surface area contributed by atoms with E-state index in [1.807, 2.05) is 0 Å². The zero-order valence-corrected chi connectivity index (χ0v) is 23.3. The van der Waals surface area contributed by atoms with E-state index in [-0.39, 0.29) is 42.0 Å². The highest BCUT2D eigenvalue weighted by atomic mass is 32.2. The van der Waals surface area contributed by atoms with Crippen molar-refractivity contribution < 1.29 is 35.1 Å². The van der Waals surface area contributed by atoms with Crippen molar-refractivity contribution in [3.05, 3.63) is 94.8 Å². The maximum absolute atomic E-state index is 15.5. The van der Waals surface area contributed by atoms with Crippen LogP contribution in [0.3, 0.4) is 0 Å². The van der Waals surface area contributed by atoms with Crippen LogP contribution in [0.4, 0.5) is 27.9 Å². The van der Waals surface area contributed by atoms with Crippen molar-refractivity contribution in [1.82, 2.24) is 20.3 Å². The number of nitrogens with two attached hydrogens (primary N) is 1. The first-order valence-electron chi connectivity index (χ1n) is 13.0. The number of anilines is 1. The fraction of sp³-hybridized carbons (Fsp3) is 0.250. The highest BCUT2D eigenvalue weighted by Crippen LogP contribution is 2.40. The number of aryl methyl sites for hydroxylation is 1. The maximum atomic E-state index is 15.5. The lowest BCUT2D eigenvalue weighted by molar-refractivity contribution is 0.254. The molecule has 3 heterocycles. The van der Waals surface area contributed by atoms with E-state index in [9.17, 15) is 21.6 Å². The Balaban J connectivity index is 1.51. The number of primary sulfonamides is 1. The van der Waals surface area contributed by atoms with E-state index in [1.165, 1.54) is 25.4 Å². The Hall–Kier alpha value is -4.21. The van der Waals surface area contributed by atoms with Gasteiger partial charge in [0.1, 0.15) is 23.1 Å². The van der Waals surface area contributed by atoms with Crippen molar-refractivity contribution in [2.75, 3.05) is 18.4 Å². The number of aromatic nitrogens is 3. The van der Waals surface area contributed by atoms with Gasteiger partial charge in [0.15, 0.2) is 11.6 Å². The molecule has 1 fully saturated rings. The van der Waals surface area contributed by atoms with Gasteiger partial charge in [0.05, 0.1) is 11.3 Å².